The van der Waals surface area contributed by atoms with Gasteiger partial charge in [-0.25, -0.2) is 9.18 Å². The fourth-order valence-corrected chi connectivity index (χ4v) is 3.71. The molecule has 0 spiro atoms. The van der Waals surface area contributed by atoms with Crippen molar-refractivity contribution in [2.45, 2.75) is 20.1 Å². The van der Waals surface area contributed by atoms with Gasteiger partial charge in [-0.1, -0.05) is 58.7 Å². The van der Waals surface area contributed by atoms with E-state index < -0.39 is 9.89 Å². The summed E-state index contributed by atoms with van der Waals surface area (Å²) in [6, 6.07) is 17.9. The summed E-state index contributed by atoms with van der Waals surface area (Å²) >= 11 is 18.0. The van der Waals surface area contributed by atoms with Gasteiger partial charge in [-0.2, -0.15) is 0 Å². The number of nitrogen functional groups attached to an aromatic ring is 1. The molecule has 0 aliphatic carbocycles. The SMILES string of the molecule is Nc1cc(C(=O)NCc2ccc(F)cc2)ccc1Sc1ccc(NC(=O)OCC(Cl)(Cl)Cl)cc1. The molecule has 4 N–H and O–H groups in total. The normalized spacial score (nSPS) is 11.1. The molecule has 0 aliphatic rings. The minimum Gasteiger partial charge on any atom is -0.445 e. The van der Waals surface area contributed by atoms with Crippen molar-refractivity contribution < 1.29 is 18.7 Å². The first-order valence-corrected chi connectivity index (χ1v) is 11.7. The number of ether oxygens (including phenoxy) is 1. The molecule has 3 aromatic carbocycles. The standard InChI is InChI=1S/C23H19Cl3FN3O3S/c24-23(25,26)13-33-22(32)30-17-6-8-18(9-7-17)34-20-10-3-15(11-19(20)28)21(31)29-12-14-1-4-16(27)5-2-14/h1-11H,12-13,28H2,(H,29,31)(H,30,32). The molecule has 0 atom stereocenters. The van der Waals surface area contributed by atoms with Crippen molar-refractivity contribution in [3.8, 4) is 0 Å². The number of amides is 2. The van der Waals surface area contributed by atoms with Crippen LogP contribution in [0, 0.1) is 5.82 Å². The number of alkyl halides is 3. The van der Waals surface area contributed by atoms with Crippen LogP contribution in [0.15, 0.2) is 76.5 Å². The second kappa shape index (κ2) is 11.7. The van der Waals surface area contributed by atoms with Gasteiger partial charge >= 0.3 is 6.09 Å². The third-order valence-electron chi connectivity index (χ3n) is 4.33. The number of carbonyl (C=O) groups excluding carboxylic acids is 2. The molecule has 0 aliphatic heterocycles. The number of rotatable bonds is 7. The van der Waals surface area contributed by atoms with Crippen molar-refractivity contribution in [2.24, 2.45) is 0 Å². The van der Waals surface area contributed by atoms with E-state index in [2.05, 4.69) is 10.6 Å². The summed E-state index contributed by atoms with van der Waals surface area (Å²) < 4.78 is 16.1. The van der Waals surface area contributed by atoms with E-state index in [1.54, 1.807) is 54.6 Å². The van der Waals surface area contributed by atoms with E-state index in [0.717, 1.165) is 15.4 Å². The van der Waals surface area contributed by atoms with E-state index in [0.29, 0.717) is 16.9 Å². The van der Waals surface area contributed by atoms with Gasteiger partial charge in [-0.05, 0) is 60.2 Å². The predicted molar refractivity (Wildman–Crippen MR) is 134 cm³/mol. The average Bonchev–Trinajstić information content (AvgIpc) is 2.79. The Morgan fingerprint density at radius 3 is 2.29 bits per heavy atom. The molecule has 0 aromatic heterocycles. The number of nitrogens with one attached hydrogen (secondary N) is 2. The highest BCUT2D eigenvalue weighted by Crippen LogP contribution is 2.33. The van der Waals surface area contributed by atoms with Crippen LogP contribution in [0.4, 0.5) is 20.6 Å². The largest absolute Gasteiger partial charge is 0.445 e. The molecule has 3 aromatic rings. The molecular weight excluding hydrogens is 524 g/mol. The predicted octanol–water partition coefficient (Wildman–Crippen LogP) is 6.41. The molecule has 34 heavy (non-hydrogen) atoms. The number of benzene rings is 3. The minimum atomic E-state index is -1.68. The Balaban J connectivity index is 1.55. The van der Waals surface area contributed by atoms with Crippen molar-refractivity contribution in [1.82, 2.24) is 5.32 Å². The molecule has 0 unspecified atom stereocenters. The molecule has 0 radical (unpaired) electrons. The van der Waals surface area contributed by atoms with E-state index >= 15 is 0 Å². The van der Waals surface area contributed by atoms with Gasteiger partial charge in [0.25, 0.3) is 5.91 Å². The first-order chi connectivity index (χ1) is 16.1. The Bertz CT molecular complexity index is 1160. The van der Waals surface area contributed by atoms with Crippen molar-refractivity contribution in [1.29, 1.82) is 0 Å². The molecule has 11 heteroatoms. The van der Waals surface area contributed by atoms with Crippen LogP contribution in [0.2, 0.25) is 0 Å². The number of halogens is 4. The zero-order valence-corrected chi connectivity index (χ0v) is 20.6. The molecule has 2 amide bonds. The van der Waals surface area contributed by atoms with E-state index in [9.17, 15) is 14.0 Å². The highest BCUT2D eigenvalue weighted by atomic mass is 35.6. The first kappa shape index (κ1) is 26.0. The van der Waals surface area contributed by atoms with E-state index in [1.165, 1.54) is 23.9 Å². The maximum atomic E-state index is 13.0. The van der Waals surface area contributed by atoms with Gasteiger partial charge in [0.1, 0.15) is 12.4 Å². The number of anilines is 2. The molecule has 0 heterocycles. The van der Waals surface area contributed by atoms with Gasteiger partial charge in [-0.15, -0.1) is 0 Å². The van der Waals surface area contributed by atoms with E-state index in [-0.39, 0.29) is 24.9 Å². The Morgan fingerprint density at radius 2 is 1.68 bits per heavy atom. The van der Waals surface area contributed by atoms with Crippen LogP contribution in [-0.2, 0) is 11.3 Å². The minimum absolute atomic E-state index is 0.272. The lowest BCUT2D eigenvalue weighted by Gasteiger charge is -2.12. The van der Waals surface area contributed by atoms with Gasteiger partial charge in [0, 0.05) is 33.3 Å². The summed E-state index contributed by atoms with van der Waals surface area (Å²) in [5, 5.41) is 5.31. The number of nitrogens with two attached hydrogens (primary N) is 1. The van der Waals surface area contributed by atoms with Gasteiger partial charge in [0.2, 0.25) is 3.79 Å². The van der Waals surface area contributed by atoms with Gasteiger partial charge in [-0.3, -0.25) is 10.1 Å². The molecule has 0 fully saturated rings. The molecule has 178 valence electrons. The Morgan fingerprint density at radius 1 is 1.00 bits per heavy atom. The summed E-state index contributed by atoms with van der Waals surface area (Å²) in [5.41, 5.74) is 8.29. The topological polar surface area (TPSA) is 93.5 Å². The molecule has 3 rings (SSSR count). The molecule has 6 nitrogen and oxygen atoms in total. The lowest BCUT2D eigenvalue weighted by Crippen LogP contribution is -2.22. The van der Waals surface area contributed by atoms with Crippen LogP contribution < -0.4 is 16.4 Å². The molecule has 0 bridgehead atoms. The zero-order valence-electron chi connectivity index (χ0n) is 17.5. The highest BCUT2D eigenvalue weighted by molar-refractivity contribution is 7.99. The van der Waals surface area contributed by atoms with Crippen LogP contribution in [0.5, 0.6) is 0 Å². The fourth-order valence-electron chi connectivity index (χ4n) is 2.70. The maximum absolute atomic E-state index is 13.0. The van der Waals surface area contributed by atoms with Crippen LogP contribution in [0.3, 0.4) is 0 Å². The van der Waals surface area contributed by atoms with Gasteiger partial charge in [0.15, 0.2) is 0 Å². The number of hydrogen-bond donors (Lipinski definition) is 3. The first-order valence-electron chi connectivity index (χ1n) is 9.80. The monoisotopic (exact) mass is 541 g/mol. The summed E-state index contributed by atoms with van der Waals surface area (Å²) in [5.74, 6) is -0.619. The van der Waals surface area contributed by atoms with Crippen LogP contribution >= 0.6 is 46.6 Å². The van der Waals surface area contributed by atoms with Gasteiger partial charge < -0.3 is 15.8 Å². The third-order valence-corrected chi connectivity index (χ3v) is 5.76. The van der Waals surface area contributed by atoms with E-state index in [4.69, 9.17) is 45.3 Å². The van der Waals surface area contributed by atoms with E-state index in [1.807, 2.05) is 0 Å². The quantitative estimate of drug-likeness (QED) is 0.237. The summed E-state index contributed by atoms with van der Waals surface area (Å²) in [4.78, 5) is 25.8. The fraction of sp³-hybridized carbons (Fsp3) is 0.130. The van der Waals surface area contributed by atoms with Crippen molar-refractivity contribution >= 4 is 69.9 Å². The second-order valence-electron chi connectivity index (χ2n) is 7.00. The van der Waals surface area contributed by atoms with Crippen molar-refractivity contribution in [2.75, 3.05) is 17.7 Å². The second-order valence-corrected chi connectivity index (χ2v) is 10.6. The maximum Gasteiger partial charge on any atom is 0.411 e. The summed E-state index contributed by atoms with van der Waals surface area (Å²) in [6.07, 6.45) is -0.746. The smallest absolute Gasteiger partial charge is 0.411 e. The zero-order chi connectivity index (χ0) is 24.7. The molecule has 0 saturated carbocycles. The summed E-state index contributed by atoms with van der Waals surface area (Å²) in [6.45, 7) is -0.106. The number of hydrogen-bond acceptors (Lipinski definition) is 5. The lowest BCUT2D eigenvalue weighted by molar-refractivity contribution is 0.0951. The van der Waals surface area contributed by atoms with Crippen molar-refractivity contribution in [3.05, 3.63) is 83.7 Å². The lowest BCUT2D eigenvalue weighted by atomic mass is 10.1. The van der Waals surface area contributed by atoms with Crippen LogP contribution in [0.25, 0.3) is 0 Å². The van der Waals surface area contributed by atoms with Crippen molar-refractivity contribution in [3.63, 3.8) is 0 Å². The number of carbonyl (C=O) groups is 2. The van der Waals surface area contributed by atoms with Crippen LogP contribution in [0.1, 0.15) is 15.9 Å². The molecule has 0 saturated heterocycles. The Kier molecular flexibility index (Phi) is 8.90. The third kappa shape index (κ3) is 8.29. The average molecular weight is 543 g/mol. The Hall–Kier alpha value is -2.65. The van der Waals surface area contributed by atoms with Crippen LogP contribution in [-0.4, -0.2) is 22.4 Å². The summed E-state index contributed by atoms with van der Waals surface area (Å²) in [7, 11) is 0. The Labute approximate surface area is 214 Å². The molecular formula is C23H19Cl3FN3O3S. The van der Waals surface area contributed by atoms with Gasteiger partial charge in [0.05, 0.1) is 0 Å². The highest BCUT2D eigenvalue weighted by Gasteiger charge is 2.22.